The van der Waals surface area contributed by atoms with Crippen LogP contribution in [0.15, 0.2) is 67.1 Å². The van der Waals surface area contributed by atoms with E-state index in [4.69, 9.17) is 4.74 Å². The Labute approximate surface area is 214 Å². The SMILES string of the molecule is N#Cc1ccc2ncn(C[C@H]3CCC[C@]4(C3)CN(Cc3cccc(-c5ccc(F)nc5)c3)C(=O)O4)c2c1. The van der Waals surface area contributed by atoms with Gasteiger partial charge in [0.2, 0.25) is 5.95 Å². The molecular weight excluding hydrogens is 469 g/mol. The minimum Gasteiger partial charge on any atom is -0.441 e. The van der Waals surface area contributed by atoms with Crippen molar-refractivity contribution in [1.82, 2.24) is 19.4 Å². The predicted octanol–water partition coefficient (Wildman–Crippen LogP) is 5.69. The highest BCUT2D eigenvalue weighted by molar-refractivity contribution is 5.77. The van der Waals surface area contributed by atoms with Crippen molar-refractivity contribution in [2.45, 2.75) is 44.4 Å². The van der Waals surface area contributed by atoms with Gasteiger partial charge in [-0.15, -0.1) is 0 Å². The third kappa shape index (κ3) is 4.65. The summed E-state index contributed by atoms with van der Waals surface area (Å²) in [6.07, 6.45) is 6.79. The van der Waals surface area contributed by atoms with Crippen molar-refractivity contribution < 1.29 is 13.9 Å². The first-order chi connectivity index (χ1) is 18.0. The topological polar surface area (TPSA) is 84.0 Å². The molecule has 8 heteroatoms. The molecule has 0 bridgehead atoms. The molecule has 4 aromatic rings. The monoisotopic (exact) mass is 495 g/mol. The highest BCUT2D eigenvalue weighted by Gasteiger charge is 2.47. The number of hydrogen-bond donors (Lipinski definition) is 0. The van der Waals surface area contributed by atoms with Crippen LogP contribution < -0.4 is 0 Å². The highest BCUT2D eigenvalue weighted by Crippen LogP contribution is 2.41. The zero-order valence-corrected chi connectivity index (χ0v) is 20.3. The second kappa shape index (κ2) is 9.32. The van der Waals surface area contributed by atoms with Crippen molar-refractivity contribution in [1.29, 1.82) is 5.26 Å². The lowest BCUT2D eigenvalue weighted by Gasteiger charge is -2.36. The lowest BCUT2D eigenvalue weighted by Crippen LogP contribution is -2.40. The first-order valence-corrected chi connectivity index (χ1v) is 12.5. The molecule has 1 amide bonds. The molecule has 0 unspecified atom stereocenters. The molecule has 2 fully saturated rings. The summed E-state index contributed by atoms with van der Waals surface area (Å²) in [6, 6.07) is 18.7. The minimum atomic E-state index is -0.510. The summed E-state index contributed by atoms with van der Waals surface area (Å²) in [5.74, 6) is -0.164. The van der Waals surface area contributed by atoms with E-state index in [0.29, 0.717) is 24.6 Å². The Bertz CT molecular complexity index is 1510. The van der Waals surface area contributed by atoms with Crippen LogP contribution in [0.5, 0.6) is 0 Å². The fourth-order valence-electron chi connectivity index (χ4n) is 5.82. The Morgan fingerprint density at radius 2 is 2.05 bits per heavy atom. The van der Waals surface area contributed by atoms with E-state index in [9.17, 15) is 14.4 Å². The van der Waals surface area contributed by atoms with Gasteiger partial charge in [0.25, 0.3) is 0 Å². The van der Waals surface area contributed by atoms with E-state index in [-0.39, 0.29) is 6.09 Å². The van der Waals surface area contributed by atoms with Crippen LogP contribution in [0.25, 0.3) is 22.2 Å². The smallest absolute Gasteiger partial charge is 0.410 e. The van der Waals surface area contributed by atoms with Crippen LogP contribution in [0.1, 0.15) is 36.8 Å². The van der Waals surface area contributed by atoms with Crippen LogP contribution in [0.3, 0.4) is 0 Å². The zero-order chi connectivity index (χ0) is 25.4. The molecule has 0 N–H and O–H groups in total. The van der Waals surface area contributed by atoms with Crippen LogP contribution in [-0.2, 0) is 17.8 Å². The summed E-state index contributed by atoms with van der Waals surface area (Å²) >= 11 is 0. The summed E-state index contributed by atoms with van der Waals surface area (Å²) in [5, 5.41) is 9.28. The van der Waals surface area contributed by atoms with Crippen molar-refractivity contribution in [2.24, 2.45) is 5.92 Å². The zero-order valence-electron chi connectivity index (χ0n) is 20.3. The summed E-state index contributed by atoms with van der Waals surface area (Å²) in [6.45, 7) is 1.79. The van der Waals surface area contributed by atoms with Crippen LogP contribution in [0.2, 0.25) is 0 Å². The molecule has 1 aliphatic carbocycles. The molecule has 6 rings (SSSR count). The Morgan fingerprint density at radius 3 is 2.89 bits per heavy atom. The molecule has 2 aromatic heterocycles. The van der Waals surface area contributed by atoms with E-state index in [1.54, 1.807) is 17.0 Å². The number of imidazole rings is 1. The van der Waals surface area contributed by atoms with Crippen LogP contribution >= 0.6 is 0 Å². The number of nitrogens with zero attached hydrogens (tertiary/aromatic N) is 5. The number of halogens is 1. The molecule has 7 nitrogen and oxygen atoms in total. The largest absolute Gasteiger partial charge is 0.441 e. The maximum atomic E-state index is 13.2. The molecular formula is C29H26FN5O2. The third-order valence-electron chi connectivity index (χ3n) is 7.51. The van der Waals surface area contributed by atoms with Gasteiger partial charge >= 0.3 is 6.09 Å². The molecule has 3 heterocycles. The molecule has 1 saturated heterocycles. The Balaban J connectivity index is 1.15. The number of hydrogen-bond acceptors (Lipinski definition) is 5. The standard InChI is InChI=1S/C29H26FN5O2/c30-27-9-7-24(15-32-27)23-5-1-3-21(11-23)16-34-18-29(37-28(34)36)10-2-4-22(13-29)17-35-19-33-25-8-6-20(14-31)12-26(25)35/h1,3,5-9,11-12,15,19,22H,2,4,10,13,16-18H2/t22-,29-/m0/s1. The minimum absolute atomic E-state index is 0.277. The second-order valence-corrected chi connectivity index (χ2v) is 10.2. The highest BCUT2D eigenvalue weighted by atomic mass is 19.1. The molecule has 186 valence electrons. The molecule has 1 saturated carbocycles. The Hall–Kier alpha value is -4.25. The molecule has 1 aliphatic heterocycles. The third-order valence-corrected chi connectivity index (χ3v) is 7.51. The molecule has 0 radical (unpaired) electrons. The van der Waals surface area contributed by atoms with E-state index >= 15 is 0 Å². The number of carbonyl (C=O) groups excluding carboxylic acids is 1. The van der Waals surface area contributed by atoms with Gasteiger partial charge in [-0.2, -0.15) is 9.65 Å². The van der Waals surface area contributed by atoms with Gasteiger partial charge in [0.05, 0.1) is 35.5 Å². The van der Waals surface area contributed by atoms with Gasteiger partial charge < -0.3 is 9.30 Å². The van der Waals surface area contributed by atoms with E-state index in [1.807, 2.05) is 42.7 Å². The lowest BCUT2D eigenvalue weighted by molar-refractivity contribution is 0.00415. The van der Waals surface area contributed by atoms with Crippen molar-refractivity contribution in [3.63, 3.8) is 0 Å². The number of carbonyl (C=O) groups is 1. The number of benzene rings is 2. The van der Waals surface area contributed by atoms with Crippen molar-refractivity contribution >= 4 is 17.1 Å². The first kappa shape index (κ1) is 23.2. The summed E-state index contributed by atoms with van der Waals surface area (Å²) in [5.41, 5.74) is 4.72. The molecule has 2 atom stereocenters. The number of pyridine rings is 1. The maximum absolute atomic E-state index is 13.2. The number of ether oxygens (including phenoxy) is 1. The number of aromatic nitrogens is 3. The lowest BCUT2D eigenvalue weighted by atomic mass is 9.78. The van der Waals surface area contributed by atoms with Crippen LogP contribution in [-0.4, -0.2) is 37.7 Å². The Kier molecular flexibility index (Phi) is 5.84. The van der Waals surface area contributed by atoms with Gasteiger partial charge in [-0.3, -0.25) is 4.90 Å². The number of rotatable bonds is 5. The van der Waals surface area contributed by atoms with E-state index < -0.39 is 11.5 Å². The normalized spacial score (nSPS) is 21.4. The molecule has 2 aliphatic rings. The van der Waals surface area contributed by atoms with Crippen LogP contribution in [0.4, 0.5) is 9.18 Å². The van der Waals surface area contributed by atoms with Crippen molar-refractivity contribution in [3.8, 4) is 17.2 Å². The molecule has 1 spiro atoms. The van der Waals surface area contributed by atoms with Gasteiger partial charge in [-0.1, -0.05) is 18.2 Å². The number of nitriles is 1. The summed E-state index contributed by atoms with van der Waals surface area (Å²) in [7, 11) is 0. The quantitative estimate of drug-likeness (QED) is 0.332. The Morgan fingerprint density at radius 1 is 1.14 bits per heavy atom. The fourth-order valence-corrected chi connectivity index (χ4v) is 5.82. The molecule has 37 heavy (non-hydrogen) atoms. The number of amides is 1. The van der Waals surface area contributed by atoms with Gasteiger partial charge in [-0.25, -0.2) is 14.8 Å². The number of fused-ring (bicyclic) bond motifs is 1. The van der Waals surface area contributed by atoms with E-state index in [2.05, 4.69) is 20.6 Å². The average Bonchev–Trinajstić information content (AvgIpc) is 3.43. The van der Waals surface area contributed by atoms with Gasteiger partial charge in [0.1, 0.15) is 5.60 Å². The van der Waals surface area contributed by atoms with E-state index in [1.165, 1.54) is 12.3 Å². The van der Waals surface area contributed by atoms with Crippen molar-refractivity contribution in [3.05, 3.63) is 84.2 Å². The van der Waals surface area contributed by atoms with Gasteiger partial charge in [-0.05, 0) is 79.1 Å². The summed E-state index contributed by atoms with van der Waals surface area (Å²) in [4.78, 5) is 22.9. The second-order valence-electron chi connectivity index (χ2n) is 10.2. The van der Waals surface area contributed by atoms with Gasteiger partial charge in [0, 0.05) is 24.8 Å². The first-order valence-electron chi connectivity index (χ1n) is 12.5. The van der Waals surface area contributed by atoms with E-state index in [0.717, 1.165) is 60.0 Å². The van der Waals surface area contributed by atoms with Gasteiger partial charge in [0.15, 0.2) is 0 Å². The van der Waals surface area contributed by atoms with Crippen LogP contribution in [0, 0.1) is 23.2 Å². The predicted molar refractivity (Wildman–Crippen MR) is 136 cm³/mol. The average molecular weight is 496 g/mol. The maximum Gasteiger partial charge on any atom is 0.410 e. The summed E-state index contributed by atoms with van der Waals surface area (Å²) < 4.78 is 21.4. The van der Waals surface area contributed by atoms with Crippen molar-refractivity contribution in [2.75, 3.05) is 6.54 Å². The molecule has 2 aromatic carbocycles. The fraction of sp³-hybridized carbons (Fsp3) is 0.310.